The molecule has 0 saturated carbocycles. The molecule has 2 N–H and O–H groups in total. The molecule has 0 atom stereocenters. The first-order valence-corrected chi connectivity index (χ1v) is 9.52. The second-order valence-corrected chi connectivity index (χ2v) is 7.22. The highest BCUT2D eigenvalue weighted by Gasteiger charge is 2.33. The van der Waals surface area contributed by atoms with Crippen molar-refractivity contribution in [3.63, 3.8) is 0 Å². The Labute approximate surface area is 169 Å². The largest absolute Gasteiger partial charge is 0.457 e. The molecular weight excluding hydrogens is 374 g/mol. The lowest BCUT2D eigenvalue weighted by molar-refractivity contribution is -0.384. The van der Waals surface area contributed by atoms with E-state index in [1.54, 1.807) is 19.2 Å². The Balaban J connectivity index is 1.81. The highest BCUT2D eigenvalue weighted by atomic mass is 16.6. The van der Waals surface area contributed by atoms with E-state index >= 15 is 0 Å². The lowest BCUT2D eigenvalue weighted by Gasteiger charge is -2.37. The number of ether oxygens (including phenoxy) is 2. The molecule has 8 heteroatoms. The Morgan fingerprint density at radius 3 is 2.59 bits per heavy atom. The van der Waals surface area contributed by atoms with Gasteiger partial charge in [0.1, 0.15) is 11.5 Å². The van der Waals surface area contributed by atoms with Crippen LogP contribution >= 0.6 is 0 Å². The molecule has 1 amide bonds. The molecule has 2 aromatic carbocycles. The third-order valence-electron chi connectivity index (χ3n) is 5.13. The van der Waals surface area contributed by atoms with E-state index in [-0.39, 0.29) is 22.4 Å². The Morgan fingerprint density at radius 1 is 1.21 bits per heavy atom. The third-order valence-corrected chi connectivity index (χ3v) is 5.13. The van der Waals surface area contributed by atoms with Gasteiger partial charge in [0.05, 0.1) is 17.1 Å². The zero-order chi connectivity index (χ0) is 20.7. The first kappa shape index (κ1) is 20.8. The number of para-hydroxylation sites is 1. The van der Waals surface area contributed by atoms with E-state index in [1.807, 2.05) is 18.2 Å². The topological polar surface area (TPSA) is 103 Å². The van der Waals surface area contributed by atoms with Gasteiger partial charge in [-0.3, -0.25) is 14.9 Å². The van der Waals surface area contributed by atoms with Crippen molar-refractivity contribution in [1.82, 2.24) is 10.6 Å². The number of hydrogen-bond acceptors (Lipinski definition) is 6. The minimum atomic E-state index is -0.525. The molecule has 2 aromatic rings. The summed E-state index contributed by atoms with van der Waals surface area (Å²) in [5.41, 5.74) is -0.190. The van der Waals surface area contributed by atoms with Crippen molar-refractivity contribution in [2.24, 2.45) is 5.41 Å². The van der Waals surface area contributed by atoms with Crippen molar-refractivity contribution in [2.45, 2.75) is 12.8 Å². The van der Waals surface area contributed by atoms with Gasteiger partial charge in [-0.2, -0.15) is 0 Å². The molecule has 1 heterocycles. The standard InChI is InChI=1S/C21H25N3O5/c1-28-15-21(9-11-22-12-10-21)14-23-20(25)18-13-16(24(26)27)7-8-19(18)29-17-5-3-2-4-6-17/h2-8,13,22H,9-12,14-15H2,1H3,(H,23,25). The first-order chi connectivity index (χ1) is 14.0. The summed E-state index contributed by atoms with van der Waals surface area (Å²) in [5, 5.41) is 17.4. The van der Waals surface area contributed by atoms with Crippen molar-refractivity contribution in [3.05, 3.63) is 64.2 Å². The Bertz CT molecular complexity index is 845. The monoisotopic (exact) mass is 399 g/mol. The Kier molecular flexibility index (Phi) is 6.79. The van der Waals surface area contributed by atoms with Crippen LogP contribution < -0.4 is 15.4 Å². The van der Waals surface area contributed by atoms with Gasteiger partial charge in [0.15, 0.2) is 0 Å². The number of piperidine rings is 1. The van der Waals surface area contributed by atoms with Crippen molar-refractivity contribution in [2.75, 3.05) is 33.4 Å². The van der Waals surface area contributed by atoms with E-state index in [0.717, 1.165) is 25.9 Å². The van der Waals surface area contributed by atoms with Crippen LogP contribution in [0.4, 0.5) is 5.69 Å². The summed E-state index contributed by atoms with van der Waals surface area (Å²) < 4.78 is 11.2. The molecule has 0 spiro atoms. The normalized spacial score (nSPS) is 15.5. The van der Waals surface area contributed by atoms with Gasteiger partial charge in [-0.15, -0.1) is 0 Å². The van der Waals surface area contributed by atoms with E-state index in [2.05, 4.69) is 10.6 Å². The molecule has 0 unspecified atom stereocenters. The van der Waals surface area contributed by atoms with Crippen LogP contribution in [0.25, 0.3) is 0 Å². The first-order valence-electron chi connectivity index (χ1n) is 9.52. The van der Waals surface area contributed by atoms with Crippen LogP contribution in [0, 0.1) is 15.5 Å². The molecule has 0 aliphatic carbocycles. The number of nitrogens with one attached hydrogen (secondary N) is 2. The van der Waals surface area contributed by atoms with Crippen LogP contribution in [0.5, 0.6) is 11.5 Å². The summed E-state index contributed by atoms with van der Waals surface area (Å²) in [7, 11) is 1.65. The van der Waals surface area contributed by atoms with E-state index in [0.29, 0.717) is 18.9 Å². The minimum absolute atomic E-state index is 0.129. The number of nitrogens with zero attached hydrogens (tertiary/aromatic N) is 1. The minimum Gasteiger partial charge on any atom is -0.457 e. The molecule has 8 nitrogen and oxygen atoms in total. The Hall–Kier alpha value is -2.97. The number of hydrogen-bond donors (Lipinski definition) is 2. The number of methoxy groups -OCH3 is 1. The maximum atomic E-state index is 12.9. The molecular formula is C21H25N3O5. The van der Waals surface area contributed by atoms with Gasteiger partial charge in [0.25, 0.3) is 11.6 Å². The molecule has 3 rings (SSSR count). The van der Waals surface area contributed by atoms with E-state index in [4.69, 9.17) is 9.47 Å². The van der Waals surface area contributed by atoms with E-state index in [1.165, 1.54) is 18.2 Å². The van der Waals surface area contributed by atoms with Gasteiger partial charge in [-0.05, 0) is 44.1 Å². The predicted molar refractivity (Wildman–Crippen MR) is 108 cm³/mol. The highest BCUT2D eigenvalue weighted by molar-refractivity contribution is 5.97. The summed E-state index contributed by atoms with van der Waals surface area (Å²) in [6, 6.07) is 13.0. The van der Waals surface area contributed by atoms with Crippen LogP contribution in [0.2, 0.25) is 0 Å². The van der Waals surface area contributed by atoms with Gasteiger partial charge in [0.2, 0.25) is 0 Å². The van der Waals surface area contributed by atoms with E-state index in [9.17, 15) is 14.9 Å². The maximum absolute atomic E-state index is 12.9. The van der Waals surface area contributed by atoms with Gasteiger partial charge < -0.3 is 20.1 Å². The number of nitro groups is 1. The third kappa shape index (κ3) is 5.30. The zero-order valence-electron chi connectivity index (χ0n) is 16.3. The van der Waals surface area contributed by atoms with Gasteiger partial charge in [0, 0.05) is 31.2 Å². The lowest BCUT2D eigenvalue weighted by atomic mass is 9.79. The fraction of sp³-hybridized carbons (Fsp3) is 0.381. The molecule has 1 fully saturated rings. The van der Waals surface area contributed by atoms with Crippen molar-refractivity contribution in [1.29, 1.82) is 0 Å². The summed E-state index contributed by atoms with van der Waals surface area (Å²) in [6.07, 6.45) is 1.76. The van der Waals surface area contributed by atoms with Crippen LogP contribution in [0.15, 0.2) is 48.5 Å². The van der Waals surface area contributed by atoms with Gasteiger partial charge in [-0.1, -0.05) is 18.2 Å². The van der Waals surface area contributed by atoms with Crippen LogP contribution in [0.1, 0.15) is 23.2 Å². The molecule has 1 aliphatic heterocycles. The average molecular weight is 399 g/mol. The number of carbonyl (C=O) groups is 1. The number of nitro benzene ring substituents is 1. The van der Waals surface area contributed by atoms with Gasteiger partial charge >= 0.3 is 0 Å². The molecule has 0 radical (unpaired) electrons. The van der Waals surface area contributed by atoms with Crippen LogP contribution in [-0.2, 0) is 4.74 Å². The summed E-state index contributed by atoms with van der Waals surface area (Å²) >= 11 is 0. The zero-order valence-corrected chi connectivity index (χ0v) is 16.3. The van der Waals surface area contributed by atoms with Gasteiger partial charge in [-0.25, -0.2) is 0 Å². The average Bonchev–Trinajstić information content (AvgIpc) is 2.74. The second kappa shape index (κ2) is 9.49. The van der Waals surface area contributed by atoms with Crippen molar-refractivity contribution >= 4 is 11.6 Å². The lowest BCUT2D eigenvalue weighted by Crippen LogP contribution is -2.47. The number of non-ortho nitro benzene ring substituents is 1. The van der Waals surface area contributed by atoms with E-state index < -0.39 is 10.8 Å². The maximum Gasteiger partial charge on any atom is 0.270 e. The molecule has 1 saturated heterocycles. The fourth-order valence-electron chi connectivity index (χ4n) is 3.51. The number of benzene rings is 2. The van der Waals surface area contributed by atoms with Crippen molar-refractivity contribution < 1.29 is 19.2 Å². The van der Waals surface area contributed by atoms with Crippen molar-refractivity contribution in [3.8, 4) is 11.5 Å². The molecule has 1 aliphatic rings. The van der Waals surface area contributed by atoms with Crippen LogP contribution in [-0.4, -0.2) is 44.2 Å². The molecule has 154 valence electrons. The smallest absolute Gasteiger partial charge is 0.270 e. The number of rotatable bonds is 8. The molecule has 0 bridgehead atoms. The van der Waals surface area contributed by atoms with Crippen LogP contribution in [0.3, 0.4) is 0 Å². The number of amides is 1. The summed E-state index contributed by atoms with van der Waals surface area (Å²) in [6.45, 7) is 2.68. The predicted octanol–water partition coefficient (Wildman–Crippen LogP) is 3.13. The SMILES string of the molecule is COCC1(CNC(=O)c2cc([N+](=O)[O-])ccc2Oc2ccccc2)CCNCC1. The fourth-order valence-corrected chi connectivity index (χ4v) is 3.51. The second-order valence-electron chi connectivity index (χ2n) is 7.22. The molecule has 29 heavy (non-hydrogen) atoms. The number of carbonyl (C=O) groups excluding carboxylic acids is 1. The summed E-state index contributed by atoms with van der Waals surface area (Å²) in [5.74, 6) is 0.406. The Morgan fingerprint density at radius 2 is 1.93 bits per heavy atom. The molecule has 0 aromatic heterocycles. The summed E-state index contributed by atoms with van der Waals surface area (Å²) in [4.78, 5) is 23.6. The highest BCUT2D eigenvalue weighted by Crippen LogP contribution is 2.31. The quantitative estimate of drug-likeness (QED) is 0.522.